The van der Waals surface area contributed by atoms with E-state index in [9.17, 15) is 0 Å². The topological polar surface area (TPSA) is 9.23 Å². The Kier molecular flexibility index (Phi) is 13.9. The zero-order valence-electron chi connectivity index (χ0n) is 18.9. The first-order chi connectivity index (χ1) is 10.9. The first-order valence-corrected chi connectivity index (χ1v) is 11.9. The summed E-state index contributed by atoms with van der Waals surface area (Å²) in [4.78, 5) is 0. The second-order valence-corrected chi connectivity index (χ2v) is 14.2. The molecule has 0 N–H and O–H groups in total. The minimum absolute atomic E-state index is 0. The summed E-state index contributed by atoms with van der Waals surface area (Å²) < 4.78 is 6.68. The molecule has 0 aliphatic heterocycles. The summed E-state index contributed by atoms with van der Waals surface area (Å²) >= 11 is 0. The molecule has 0 unspecified atom stereocenters. The second-order valence-electron chi connectivity index (χ2n) is 8.71. The average molecular weight is 359 g/mol. The van der Waals surface area contributed by atoms with Crippen molar-refractivity contribution in [3.63, 3.8) is 0 Å². The molecule has 0 saturated carbocycles. The van der Waals surface area contributed by atoms with Crippen LogP contribution in [0.25, 0.3) is 0 Å². The van der Waals surface area contributed by atoms with Crippen molar-refractivity contribution < 1.29 is 23.3 Å². The van der Waals surface area contributed by atoms with Crippen molar-refractivity contribution in [3.05, 3.63) is 30.7 Å². The van der Waals surface area contributed by atoms with Crippen LogP contribution in [-0.4, -0.2) is 14.9 Å². The molecule has 0 rings (SSSR count). The van der Waals surface area contributed by atoms with Crippen LogP contribution in [0, 0.1) is 18.8 Å². The first kappa shape index (κ1) is 27.5. The van der Waals surface area contributed by atoms with Gasteiger partial charge >= 0.3 is 18.9 Å². The van der Waals surface area contributed by atoms with Crippen molar-refractivity contribution in [2.24, 2.45) is 11.8 Å². The van der Waals surface area contributed by atoms with Crippen LogP contribution in [0.1, 0.15) is 75.2 Å². The minimum atomic E-state index is -1.73. The van der Waals surface area contributed by atoms with Gasteiger partial charge in [0.15, 0.2) is 8.32 Å². The zero-order chi connectivity index (χ0) is 19.1. The third-order valence-corrected chi connectivity index (χ3v) is 11.5. The van der Waals surface area contributed by atoms with Gasteiger partial charge in [-0.05, 0) is 35.9 Å². The number of allylic oxidation sites excluding steroid dienone is 3. The molecule has 2 atom stereocenters. The Labute approximate surface area is 172 Å². The summed E-state index contributed by atoms with van der Waals surface area (Å²) in [5, 5.41) is 0. The van der Waals surface area contributed by atoms with E-state index in [1.807, 2.05) is 0 Å². The van der Waals surface area contributed by atoms with Crippen LogP contribution in [0.4, 0.5) is 0 Å². The molecule has 0 amide bonds. The molecule has 0 fully saturated rings. The fourth-order valence-electron chi connectivity index (χ4n) is 4.11. The first-order valence-electron chi connectivity index (χ1n) is 9.78. The van der Waals surface area contributed by atoms with Crippen LogP contribution in [-0.2, 0) is 4.43 Å². The van der Waals surface area contributed by atoms with E-state index in [2.05, 4.69) is 81.9 Å². The Morgan fingerprint density at radius 3 is 1.80 bits per heavy atom. The van der Waals surface area contributed by atoms with Gasteiger partial charge in [0.25, 0.3) is 0 Å². The monoisotopic (exact) mass is 358 g/mol. The summed E-state index contributed by atoms with van der Waals surface area (Å²) in [6.45, 7) is 29.9. The molecule has 0 heterocycles. The molecule has 0 radical (unpaired) electrons. The van der Waals surface area contributed by atoms with Crippen molar-refractivity contribution in [1.82, 2.24) is 0 Å². The van der Waals surface area contributed by atoms with E-state index in [1.54, 1.807) is 0 Å². The van der Waals surface area contributed by atoms with Gasteiger partial charge in [0.1, 0.15) is 0 Å². The summed E-state index contributed by atoms with van der Waals surface area (Å²) in [6, 6.07) is 0. The molecular weight excluding hydrogens is 315 g/mol. The summed E-state index contributed by atoms with van der Waals surface area (Å²) in [5.41, 5.74) is 4.57. The van der Waals surface area contributed by atoms with Gasteiger partial charge < -0.3 is 11.3 Å². The summed E-state index contributed by atoms with van der Waals surface area (Å²) in [6.07, 6.45) is 4.32. The van der Waals surface area contributed by atoms with Crippen LogP contribution in [0.3, 0.4) is 0 Å². The SMILES string of the molecule is C=C(/C=C(\C)[C@@H](C)CCO[Si](C(C)C)(C(C)C)C(C)C)C[C@H]([CH2-])C.[Li+]. The van der Waals surface area contributed by atoms with Crippen LogP contribution >= 0.6 is 0 Å². The van der Waals surface area contributed by atoms with Crippen LogP contribution < -0.4 is 18.9 Å². The molecule has 0 aromatic carbocycles. The molecule has 0 bridgehead atoms. The van der Waals surface area contributed by atoms with Gasteiger partial charge in [0.05, 0.1) is 0 Å². The van der Waals surface area contributed by atoms with E-state index >= 15 is 0 Å². The Morgan fingerprint density at radius 2 is 1.44 bits per heavy atom. The van der Waals surface area contributed by atoms with Crippen molar-refractivity contribution in [2.75, 3.05) is 6.61 Å². The fraction of sp³-hybridized carbons (Fsp3) is 0.773. The van der Waals surface area contributed by atoms with E-state index in [1.165, 1.54) is 11.1 Å². The molecule has 3 heteroatoms. The molecule has 0 spiro atoms. The molecule has 25 heavy (non-hydrogen) atoms. The van der Waals surface area contributed by atoms with Gasteiger partial charge in [0.2, 0.25) is 0 Å². The van der Waals surface area contributed by atoms with E-state index < -0.39 is 8.32 Å². The fourth-order valence-corrected chi connectivity index (χ4v) is 9.58. The third-order valence-electron chi connectivity index (χ3n) is 5.43. The third kappa shape index (κ3) is 8.65. The number of hydrogen-bond donors (Lipinski definition) is 0. The molecule has 0 aromatic rings. The Hall–Kier alpha value is 0.254. The zero-order valence-corrected chi connectivity index (χ0v) is 19.9. The van der Waals surface area contributed by atoms with Crippen molar-refractivity contribution >= 4 is 8.32 Å². The van der Waals surface area contributed by atoms with Crippen LogP contribution in [0.5, 0.6) is 0 Å². The van der Waals surface area contributed by atoms with Gasteiger partial charge in [-0.3, -0.25) is 0 Å². The van der Waals surface area contributed by atoms with Gasteiger partial charge in [-0.2, -0.15) is 5.92 Å². The van der Waals surface area contributed by atoms with Crippen molar-refractivity contribution in [3.8, 4) is 0 Å². The van der Waals surface area contributed by atoms with E-state index in [0.29, 0.717) is 28.5 Å². The van der Waals surface area contributed by atoms with Crippen molar-refractivity contribution in [2.45, 2.75) is 91.8 Å². The van der Waals surface area contributed by atoms with E-state index in [0.717, 1.165) is 19.4 Å². The van der Waals surface area contributed by atoms with Crippen LogP contribution in [0.2, 0.25) is 16.6 Å². The summed E-state index contributed by atoms with van der Waals surface area (Å²) in [7, 11) is -1.73. The largest absolute Gasteiger partial charge is 1.00 e. The second kappa shape index (κ2) is 12.6. The maximum Gasteiger partial charge on any atom is 1.00 e. The van der Waals surface area contributed by atoms with Gasteiger partial charge in [-0.15, -0.1) is 0 Å². The van der Waals surface area contributed by atoms with E-state index in [-0.39, 0.29) is 18.9 Å². The van der Waals surface area contributed by atoms with Crippen molar-refractivity contribution in [1.29, 1.82) is 0 Å². The molecule has 0 saturated heterocycles. The van der Waals surface area contributed by atoms with Gasteiger partial charge in [-0.1, -0.05) is 85.6 Å². The average Bonchev–Trinajstić information content (AvgIpc) is 2.40. The standard InChI is InChI=1S/C22H43OSi.Li/c1-16(2)14-20(9)15-22(11)21(10)12-13-23-24(17(3)4,18(5)6)19(7)8;/h15-19,21H,1,9,12-14H2,2-8,10-11H3;/q-1;+1/b22-15+;/t16-,21+;/m1./s1. The molecule has 1 nitrogen and oxygen atoms in total. The predicted octanol–water partition coefficient (Wildman–Crippen LogP) is 4.57. The Balaban J connectivity index is 0. The molecule has 0 aliphatic carbocycles. The minimum Gasteiger partial charge on any atom is -0.416 e. The quantitative estimate of drug-likeness (QED) is 0.299. The maximum atomic E-state index is 6.68. The van der Waals surface area contributed by atoms with Gasteiger partial charge in [-0.25, -0.2) is 0 Å². The normalized spacial score (nSPS) is 15.5. The van der Waals surface area contributed by atoms with E-state index in [4.69, 9.17) is 4.43 Å². The van der Waals surface area contributed by atoms with Crippen LogP contribution in [0.15, 0.2) is 23.8 Å². The number of hydrogen-bond acceptors (Lipinski definition) is 1. The molecule has 0 aliphatic rings. The molecule has 142 valence electrons. The molecule has 0 aromatic heterocycles. The smallest absolute Gasteiger partial charge is 0.416 e. The molecular formula is C22H43LiOSi. The van der Waals surface area contributed by atoms with Gasteiger partial charge in [0, 0.05) is 6.61 Å². The summed E-state index contributed by atoms with van der Waals surface area (Å²) in [5.74, 6) is 0.968. The predicted molar refractivity (Wildman–Crippen MR) is 113 cm³/mol. The maximum absolute atomic E-state index is 6.68. The Morgan fingerprint density at radius 1 is 1.00 bits per heavy atom. The Bertz CT molecular complexity index is 388. The number of rotatable bonds is 11.